The summed E-state index contributed by atoms with van der Waals surface area (Å²) in [5, 5.41) is 9.20. The highest BCUT2D eigenvalue weighted by molar-refractivity contribution is 8.00. The van der Waals surface area contributed by atoms with Crippen molar-refractivity contribution in [2.75, 3.05) is 20.8 Å². The molecule has 0 saturated carbocycles. The molecule has 0 spiro atoms. The summed E-state index contributed by atoms with van der Waals surface area (Å²) in [5.41, 5.74) is 0.924. The van der Waals surface area contributed by atoms with E-state index in [-0.39, 0.29) is 17.5 Å². The van der Waals surface area contributed by atoms with Crippen molar-refractivity contribution in [3.05, 3.63) is 130 Å². The Kier molecular flexibility index (Phi) is 8.00. The number of aromatic nitrogens is 2. The molecule has 10 heteroatoms. The first-order chi connectivity index (χ1) is 20.9. The van der Waals surface area contributed by atoms with Gasteiger partial charge in [0.2, 0.25) is 0 Å². The number of pyridine rings is 1. The van der Waals surface area contributed by atoms with Crippen molar-refractivity contribution in [1.82, 2.24) is 9.55 Å². The van der Waals surface area contributed by atoms with Gasteiger partial charge in [-0.3, -0.25) is 4.79 Å². The summed E-state index contributed by atoms with van der Waals surface area (Å²) in [6.45, 7) is -0.0887. The van der Waals surface area contributed by atoms with E-state index in [1.54, 1.807) is 14.2 Å². The maximum atomic E-state index is 15.8. The van der Waals surface area contributed by atoms with E-state index < -0.39 is 39.9 Å². The minimum Gasteiger partial charge on any atom is -0.497 e. The van der Waals surface area contributed by atoms with E-state index in [4.69, 9.17) is 14.2 Å². The van der Waals surface area contributed by atoms with Crippen LogP contribution in [0, 0.1) is 5.82 Å². The van der Waals surface area contributed by atoms with Crippen LogP contribution >= 0.6 is 11.8 Å². The molecule has 4 atom stereocenters. The quantitative estimate of drug-likeness (QED) is 0.207. The normalized spacial score (nSPS) is 20.4. The number of methoxy groups -OCH3 is 2. The fraction of sp³-hybridized carbons (Fsp3) is 0.242. The van der Waals surface area contributed by atoms with Crippen LogP contribution in [0.4, 0.5) is 8.78 Å². The van der Waals surface area contributed by atoms with E-state index >= 15 is 4.39 Å². The minimum atomic E-state index is -1.68. The number of aromatic amines is 1. The minimum absolute atomic E-state index is 0.0887. The first-order valence-corrected chi connectivity index (χ1v) is 14.7. The number of nitrogens with zero attached hydrogens (tertiary/aromatic N) is 1. The van der Waals surface area contributed by atoms with Gasteiger partial charge in [-0.1, -0.05) is 54.6 Å². The van der Waals surface area contributed by atoms with Crippen LogP contribution in [0.3, 0.4) is 0 Å². The molecule has 222 valence electrons. The summed E-state index contributed by atoms with van der Waals surface area (Å²) in [6.07, 6.45) is -0.601. The van der Waals surface area contributed by atoms with Crippen molar-refractivity contribution in [3.63, 3.8) is 0 Å². The first kappa shape index (κ1) is 29.0. The lowest BCUT2D eigenvalue weighted by Gasteiger charge is -2.37. The molecule has 0 bridgehead atoms. The Morgan fingerprint density at radius 2 is 1.49 bits per heavy atom. The van der Waals surface area contributed by atoms with Crippen molar-refractivity contribution in [1.29, 1.82) is 0 Å². The molecule has 1 aliphatic heterocycles. The molecule has 6 rings (SSSR count). The van der Waals surface area contributed by atoms with Gasteiger partial charge in [0.05, 0.1) is 31.6 Å². The number of H-pyrrole nitrogens is 1. The second kappa shape index (κ2) is 11.9. The van der Waals surface area contributed by atoms with Gasteiger partial charge in [-0.25, -0.2) is 8.78 Å². The zero-order chi connectivity index (χ0) is 30.1. The van der Waals surface area contributed by atoms with Gasteiger partial charge in [-0.15, -0.1) is 11.8 Å². The molecule has 1 saturated heterocycles. The Morgan fingerprint density at radius 1 is 0.907 bits per heavy atom. The number of fused-ring (bicyclic) bond motifs is 1. The van der Waals surface area contributed by atoms with Gasteiger partial charge >= 0.3 is 0 Å². The van der Waals surface area contributed by atoms with Crippen LogP contribution in [-0.4, -0.2) is 53.0 Å². The van der Waals surface area contributed by atoms with E-state index in [1.807, 2.05) is 78.9 Å². The number of nitrogens with one attached hydrogen (secondary N) is 1. The molecule has 7 nitrogen and oxygen atoms in total. The van der Waals surface area contributed by atoms with Crippen LogP contribution in [-0.2, 0) is 10.3 Å². The van der Waals surface area contributed by atoms with Gasteiger partial charge in [-0.2, -0.15) is 0 Å². The number of ether oxygens (including phenoxy) is 3. The van der Waals surface area contributed by atoms with Crippen molar-refractivity contribution in [2.45, 2.75) is 28.5 Å². The smallest absolute Gasteiger partial charge is 0.260 e. The van der Waals surface area contributed by atoms with E-state index in [0.29, 0.717) is 11.5 Å². The number of rotatable bonds is 9. The van der Waals surface area contributed by atoms with Crippen LogP contribution < -0.4 is 15.0 Å². The van der Waals surface area contributed by atoms with Gasteiger partial charge in [0.25, 0.3) is 5.56 Å². The third kappa shape index (κ3) is 5.09. The molecule has 3 aromatic carbocycles. The summed E-state index contributed by atoms with van der Waals surface area (Å²) in [5.74, 6) is 0.611. The fourth-order valence-electron chi connectivity index (χ4n) is 5.74. The number of aliphatic hydroxyl groups is 1. The van der Waals surface area contributed by atoms with Crippen LogP contribution in [0.15, 0.2) is 102 Å². The average Bonchev–Trinajstić information content (AvgIpc) is 3.54. The lowest BCUT2D eigenvalue weighted by atomic mass is 9.80. The van der Waals surface area contributed by atoms with Gasteiger partial charge in [0, 0.05) is 12.4 Å². The highest BCUT2D eigenvalue weighted by Gasteiger charge is 2.47. The third-order valence-corrected chi connectivity index (χ3v) is 9.44. The predicted molar refractivity (Wildman–Crippen MR) is 162 cm³/mol. The molecule has 1 aliphatic rings. The molecule has 1 fully saturated rings. The largest absolute Gasteiger partial charge is 0.497 e. The molecule has 3 heterocycles. The van der Waals surface area contributed by atoms with Crippen LogP contribution in [0.25, 0.3) is 10.9 Å². The second-order valence-electron chi connectivity index (χ2n) is 10.3. The van der Waals surface area contributed by atoms with Gasteiger partial charge in [-0.05, 0) is 47.0 Å². The maximum absolute atomic E-state index is 15.8. The maximum Gasteiger partial charge on any atom is 0.260 e. The monoisotopic (exact) mass is 604 g/mol. The Hall–Kier alpha value is -4.12. The summed E-state index contributed by atoms with van der Waals surface area (Å²) in [4.78, 5) is 14.7. The van der Waals surface area contributed by atoms with Crippen molar-refractivity contribution in [2.24, 2.45) is 0 Å². The molecule has 0 amide bonds. The SMILES string of the molecule is COc1ccc(C(OC[C@H]2S[C@@H](n3cc(F)c4c(=O)[nH]ccc43)[C@H](O)[C@@H]2F)(c2ccccc2)c2ccc(OC)cc2)cc1. The molecule has 43 heavy (non-hydrogen) atoms. The Morgan fingerprint density at radius 3 is 2.07 bits per heavy atom. The number of hydrogen-bond acceptors (Lipinski definition) is 6. The van der Waals surface area contributed by atoms with E-state index in [0.717, 1.165) is 34.6 Å². The third-order valence-electron chi connectivity index (χ3n) is 7.91. The Labute approximate surface area is 251 Å². The summed E-state index contributed by atoms with van der Waals surface area (Å²) in [7, 11) is 3.19. The lowest BCUT2D eigenvalue weighted by Crippen LogP contribution is -2.37. The van der Waals surface area contributed by atoms with Crippen molar-refractivity contribution in [3.8, 4) is 11.5 Å². The Bertz CT molecular complexity index is 1710. The number of aliphatic hydroxyl groups excluding tert-OH is 1. The van der Waals surface area contributed by atoms with Gasteiger partial charge < -0.3 is 28.9 Å². The molecule has 2 N–H and O–H groups in total. The standard InChI is InChI=1S/C33H30F2N2O5S/c1-40-23-12-8-21(9-13-23)33(20-6-4-3-5-7-20,22-10-14-24(41-2)15-11-22)42-19-27-29(35)30(38)32(43-27)37-18-25(34)28-26(37)16-17-36-31(28)39/h3-18,27,29-30,32,38H,19H2,1-2H3,(H,36,39)/t27-,29-,30-,32-/m1/s1. The number of halogens is 2. The zero-order valence-corrected chi connectivity index (χ0v) is 24.3. The predicted octanol–water partition coefficient (Wildman–Crippen LogP) is 5.81. The second-order valence-corrected chi connectivity index (χ2v) is 11.6. The number of alkyl halides is 1. The number of benzene rings is 3. The molecule has 5 aromatic rings. The first-order valence-electron chi connectivity index (χ1n) is 13.7. The van der Waals surface area contributed by atoms with Crippen LogP contribution in [0.5, 0.6) is 11.5 Å². The van der Waals surface area contributed by atoms with E-state index in [9.17, 15) is 14.3 Å². The van der Waals surface area contributed by atoms with E-state index in [1.165, 1.54) is 16.8 Å². The van der Waals surface area contributed by atoms with E-state index in [2.05, 4.69) is 4.98 Å². The lowest BCUT2D eigenvalue weighted by molar-refractivity contribution is -0.00566. The topological polar surface area (TPSA) is 85.7 Å². The molecular formula is C33H30F2N2O5S. The molecular weight excluding hydrogens is 574 g/mol. The van der Waals surface area contributed by atoms with Gasteiger partial charge in [0.1, 0.15) is 40.1 Å². The molecule has 0 unspecified atom stereocenters. The fourth-order valence-corrected chi connectivity index (χ4v) is 7.17. The zero-order valence-electron chi connectivity index (χ0n) is 23.4. The van der Waals surface area contributed by atoms with Crippen molar-refractivity contribution < 1.29 is 28.1 Å². The highest BCUT2D eigenvalue weighted by Crippen LogP contribution is 2.47. The summed E-state index contributed by atoms with van der Waals surface area (Å²) < 4.78 is 49.6. The van der Waals surface area contributed by atoms with Crippen molar-refractivity contribution >= 4 is 22.7 Å². The van der Waals surface area contributed by atoms with Crippen LogP contribution in [0.2, 0.25) is 0 Å². The van der Waals surface area contributed by atoms with Gasteiger partial charge in [0.15, 0.2) is 5.82 Å². The number of hydrogen-bond donors (Lipinski definition) is 2. The van der Waals surface area contributed by atoms with Crippen LogP contribution in [0.1, 0.15) is 22.1 Å². The molecule has 0 radical (unpaired) electrons. The highest BCUT2D eigenvalue weighted by atomic mass is 32.2. The summed E-state index contributed by atoms with van der Waals surface area (Å²) >= 11 is 1.15. The molecule has 0 aliphatic carbocycles. The Balaban J connectivity index is 1.40. The summed E-state index contributed by atoms with van der Waals surface area (Å²) in [6, 6.07) is 26.2. The average molecular weight is 605 g/mol. The molecule has 2 aromatic heterocycles. The number of thioether (sulfide) groups is 1.